The Balaban J connectivity index is 1.79. The summed E-state index contributed by atoms with van der Waals surface area (Å²) in [6.45, 7) is 1.78. The molecule has 0 radical (unpaired) electrons. The maximum Gasteiger partial charge on any atom is 0.299 e. The molecule has 4 rings (SSSR count). The van der Waals surface area contributed by atoms with Gasteiger partial charge in [0.25, 0.3) is 5.91 Å². The van der Waals surface area contributed by atoms with Gasteiger partial charge in [0.1, 0.15) is 11.3 Å². The minimum Gasteiger partial charge on any atom is -0.351 e. The zero-order valence-electron chi connectivity index (χ0n) is 14.0. The van der Waals surface area contributed by atoms with E-state index in [9.17, 15) is 13.6 Å². The molecule has 0 bridgehead atoms. The number of nitrogens with zero attached hydrogens (tertiary/aromatic N) is 4. The largest absolute Gasteiger partial charge is 0.351 e. The minimum atomic E-state index is -0.784. The monoisotopic (exact) mass is 386 g/mol. The van der Waals surface area contributed by atoms with E-state index in [0.717, 1.165) is 17.4 Å². The molecule has 0 spiro atoms. The van der Waals surface area contributed by atoms with Crippen LogP contribution >= 0.6 is 11.3 Å². The first-order valence-corrected chi connectivity index (χ1v) is 8.73. The molecule has 27 heavy (non-hydrogen) atoms. The average molecular weight is 386 g/mol. The molecule has 9 heteroatoms. The molecule has 1 aromatic carbocycles. The minimum absolute atomic E-state index is 0.00368. The van der Waals surface area contributed by atoms with E-state index in [1.165, 1.54) is 17.0 Å². The van der Waals surface area contributed by atoms with Gasteiger partial charge in [-0.1, -0.05) is 22.6 Å². The van der Waals surface area contributed by atoms with Crippen LogP contribution in [0.2, 0.25) is 0 Å². The summed E-state index contributed by atoms with van der Waals surface area (Å²) < 4.78 is 32.9. The summed E-state index contributed by atoms with van der Waals surface area (Å²) in [5.41, 5.74) is 1.16. The maximum absolute atomic E-state index is 14.0. The van der Waals surface area contributed by atoms with Crippen molar-refractivity contribution in [3.8, 4) is 0 Å². The Morgan fingerprint density at radius 1 is 1.26 bits per heavy atom. The number of hydrogen-bond donors (Lipinski definition) is 0. The fourth-order valence-electron chi connectivity index (χ4n) is 2.54. The molecular weight excluding hydrogens is 374 g/mol. The number of aryl methyl sites for hydroxylation is 1. The molecule has 0 aliphatic rings. The molecule has 0 fully saturated rings. The molecule has 3 heterocycles. The summed E-state index contributed by atoms with van der Waals surface area (Å²) in [5.74, 6) is -1.97. The first-order chi connectivity index (χ1) is 13.0. The zero-order valence-corrected chi connectivity index (χ0v) is 14.8. The Kier molecular flexibility index (Phi) is 4.36. The number of rotatable bonds is 4. The second kappa shape index (κ2) is 6.84. The van der Waals surface area contributed by atoms with Crippen molar-refractivity contribution in [2.75, 3.05) is 4.90 Å². The number of anilines is 1. The number of amides is 1. The van der Waals surface area contributed by atoms with Crippen molar-refractivity contribution in [2.24, 2.45) is 0 Å². The van der Waals surface area contributed by atoms with Gasteiger partial charge in [0.05, 0.1) is 22.6 Å². The van der Waals surface area contributed by atoms with E-state index in [-0.39, 0.29) is 23.0 Å². The number of carbonyl (C=O) groups excluding carboxylic acids is 1. The van der Waals surface area contributed by atoms with Crippen molar-refractivity contribution in [3.05, 3.63) is 71.4 Å². The van der Waals surface area contributed by atoms with E-state index in [0.29, 0.717) is 16.1 Å². The number of hydrogen-bond acceptors (Lipinski definition) is 6. The number of fused-ring (bicyclic) bond motifs is 1. The summed E-state index contributed by atoms with van der Waals surface area (Å²) >= 11 is 1.01. The third-order valence-corrected chi connectivity index (χ3v) is 4.79. The highest BCUT2D eigenvalue weighted by Gasteiger charge is 2.26. The molecule has 0 saturated heterocycles. The van der Waals surface area contributed by atoms with E-state index < -0.39 is 17.5 Å². The van der Waals surface area contributed by atoms with Gasteiger partial charge in [-0.05, 0) is 25.1 Å². The van der Waals surface area contributed by atoms with Gasteiger partial charge >= 0.3 is 0 Å². The van der Waals surface area contributed by atoms with Crippen molar-refractivity contribution in [1.29, 1.82) is 0 Å². The van der Waals surface area contributed by atoms with E-state index in [2.05, 4.69) is 15.1 Å². The van der Waals surface area contributed by atoms with E-state index in [4.69, 9.17) is 4.52 Å². The van der Waals surface area contributed by atoms with Crippen molar-refractivity contribution >= 4 is 32.6 Å². The number of benzene rings is 1. The summed E-state index contributed by atoms with van der Waals surface area (Å²) in [6, 6.07) is 8.74. The molecule has 0 atom stereocenters. The molecular formula is C18H12F2N4O2S. The lowest BCUT2D eigenvalue weighted by atomic mass is 10.3. The molecule has 1 amide bonds. The molecule has 0 saturated carbocycles. The van der Waals surface area contributed by atoms with Crippen LogP contribution in [-0.4, -0.2) is 21.0 Å². The van der Waals surface area contributed by atoms with Crippen LogP contribution in [0.4, 0.5) is 13.9 Å². The number of aromatic nitrogens is 3. The normalized spacial score (nSPS) is 11.1. The maximum atomic E-state index is 14.0. The van der Waals surface area contributed by atoms with Gasteiger partial charge < -0.3 is 4.52 Å². The van der Waals surface area contributed by atoms with E-state index in [1.807, 2.05) is 0 Å². The highest BCUT2D eigenvalue weighted by molar-refractivity contribution is 7.22. The van der Waals surface area contributed by atoms with Gasteiger partial charge in [0, 0.05) is 18.3 Å². The molecule has 136 valence electrons. The van der Waals surface area contributed by atoms with Crippen molar-refractivity contribution in [3.63, 3.8) is 0 Å². The molecule has 0 aliphatic carbocycles. The highest BCUT2D eigenvalue weighted by Crippen LogP contribution is 2.32. The van der Waals surface area contributed by atoms with Crippen LogP contribution in [0.15, 0.2) is 47.1 Å². The van der Waals surface area contributed by atoms with Crippen molar-refractivity contribution in [2.45, 2.75) is 13.5 Å². The van der Waals surface area contributed by atoms with E-state index >= 15 is 0 Å². The van der Waals surface area contributed by atoms with Crippen LogP contribution in [0.3, 0.4) is 0 Å². The van der Waals surface area contributed by atoms with E-state index in [1.54, 1.807) is 31.3 Å². The summed E-state index contributed by atoms with van der Waals surface area (Å²) in [4.78, 5) is 22.7. The van der Waals surface area contributed by atoms with Crippen LogP contribution in [0, 0.1) is 18.6 Å². The lowest BCUT2D eigenvalue weighted by molar-refractivity contribution is 0.0949. The highest BCUT2D eigenvalue weighted by atomic mass is 32.1. The predicted molar refractivity (Wildman–Crippen MR) is 95.5 cm³/mol. The molecule has 6 nitrogen and oxygen atoms in total. The predicted octanol–water partition coefficient (Wildman–Crippen LogP) is 4.11. The van der Waals surface area contributed by atoms with Gasteiger partial charge in [-0.25, -0.2) is 13.8 Å². The van der Waals surface area contributed by atoms with Gasteiger partial charge in [-0.3, -0.25) is 14.7 Å². The summed E-state index contributed by atoms with van der Waals surface area (Å²) in [7, 11) is 0. The van der Waals surface area contributed by atoms with Crippen LogP contribution in [0.1, 0.15) is 21.9 Å². The molecule has 3 aromatic heterocycles. The number of carbonyl (C=O) groups is 1. The Morgan fingerprint density at radius 2 is 2.11 bits per heavy atom. The smallest absolute Gasteiger partial charge is 0.299 e. The Morgan fingerprint density at radius 3 is 2.81 bits per heavy atom. The van der Waals surface area contributed by atoms with Crippen LogP contribution in [0.5, 0.6) is 0 Å². The van der Waals surface area contributed by atoms with Crippen LogP contribution < -0.4 is 4.90 Å². The topological polar surface area (TPSA) is 72.1 Å². The molecule has 0 N–H and O–H groups in total. The lowest BCUT2D eigenvalue weighted by Gasteiger charge is -2.17. The fraction of sp³-hybridized carbons (Fsp3) is 0.111. The Labute approximate surface area is 156 Å². The zero-order chi connectivity index (χ0) is 19.0. The quantitative estimate of drug-likeness (QED) is 0.528. The number of thiazole rings is 1. The fourth-order valence-corrected chi connectivity index (χ4v) is 3.54. The number of pyridine rings is 1. The Hall–Kier alpha value is -3.20. The lowest BCUT2D eigenvalue weighted by Crippen LogP contribution is -2.30. The third-order valence-electron chi connectivity index (χ3n) is 3.76. The molecule has 0 aliphatic heterocycles. The summed E-state index contributed by atoms with van der Waals surface area (Å²) in [5, 5.41) is 3.93. The number of halogens is 2. The first-order valence-electron chi connectivity index (χ1n) is 7.92. The standard InChI is InChI=1S/C18H12F2N4O2S/c1-10-6-14(26-23-10)17(25)24(9-12-4-2-3-5-21-12)18-22-16-13(20)7-11(19)8-15(16)27-18/h2-8H,9H2,1H3. The second-order valence-electron chi connectivity index (χ2n) is 5.78. The second-order valence-corrected chi connectivity index (χ2v) is 6.78. The summed E-state index contributed by atoms with van der Waals surface area (Å²) in [6.07, 6.45) is 1.60. The molecule has 4 aromatic rings. The van der Waals surface area contributed by atoms with Crippen LogP contribution in [-0.2, 0) is 6.54 Å². The van der Waals surface area contributed by atoms with Gasteiger partial charge in [-0.2, -0.15) is 0 Å². The average Bonchev–Trinajstić information content (AvgIpc) is 3.26. The van der Waals surface area contributed by atoms with Crippen molar-refractivity contribution in [1.82, 2.24) is 15.1 Å². The Bertz CT molecular complexity index is 1130. The van der Waals surface area contributed by atoms with Gasteiger partial charge in [0.15, 0.2) is 10.9 Å². The third kappa shape index (κ3) is 3.41. The van der Waals surface area contributed by atoms with Crippen LogP contribution in [0.25, 0.3) is 10.2 Å². The van der Waals surface area contributed by atoms with Crippen molar-refractivity contribution < 1.29 is 18.1 Å². The van der Waals surface area contributed by atoms with Gasteiger partial charge in [-0.15, -0.1) is 0 Å². The SMILES string of the molecule is Cc1cc(C(=O)N(Cc2ccccn2)c2nc3c(F)cc(F)cc3s2)on1. The van der Waals surface area contributed by atoms with Gasteiger partial charge in [0.2, 0.25) is 5.76 Å². The first kappa shape index (κ1) is 17.2. The molecule has 0 unspecified atom stereocenters.